The third-order valence-corrected chi connectivity index (χ3v) is 4.64. The molecule has 0 saturated carbocycles. The number of nitrogens with one attached hydrogen (secondary N) is 1. The quantitative estimate of drug-likeness (QED) is 0.862. The molecule has 1 aliphatic heterocycles. The standard InChI is InChI=1S/C20H23F2N3O/c21-17-7-5-16(19(22)11-17)6-8-20(26)24-18-4-2-10-25(14-18)13-15-3-1-9-23-12-15/h1,3,5,7,9,11-12,18H,2,4,6,8,10,13-14H2,(H,24,26). The third-order valence-electron chi connectivity index (χ3n) is 4.64. The first kappa shape index (κ1) is 18.5. The van der Waals surface area contributed by atoms with Crippen molar-refractivity contribution >= 4 is 5.91 Å². The molecular formula is C20H23F2N3O. The minimum atomic E-state index is -0.605. The van der Waals surface area contributed by atoms with Crippen molar-refractivity contribution in [2.75, 3.05) is 13.1 Å². The van der Waals surface area contributed by atoms with Crippen LogP contribution in [-0.4, -0.2) is 34.9 Å². The van der Waals surface area contributed by atoms with Gasteiger partial charge in [-0.25, -0.2) is 8.78 Å². The highest BCUT2D eigenvalue weighted by Crippen LogP contribution is 2.15. The van der Waals surface area contributed by atoms with Gasteiger partial charge in [0.25, 0.3) is 0 Å². The molecule has 1 aliphatic rings. The molecule has 1 aromatic carbocycles. The molecule has 0 bridgehead atoms. The van der Waals surface area contributed by atoms with Crippen molar-refractivity contribution in [3.63, 3.8) is 0 Å². The molecule has 0 spiro atoms. The zero-order valence-corrected chi connectivity index (χ0v) is 14.6. The van der Waals surface area contributed by atoms with Gasteiger partial charge >= 0.3 is 0 Å². The largest absolute Gasteiger partial charge is 0.352 e. The van der Waals surface area contributed by atoms with Gasteiger partial charge in [-0.2, -0.15) is 0 Å². The summed E-state index contributed by atoms with van der Waals surface area (Å²) in [6.45, 7) is 2.62. The number of likely N-dealkylation sites (tertiary alicyclic amines) is 1. The van der Waals surface area contributed by atoms with Crippen molar-refractivity contribution in [3.05, 3.63) is 65.5 Å². The number of hydrogen-bond donors (Lipinski definition) is 1. The van der Waals surface area contributed by atoms with Crippen LogP contribution in [0.1, 0.15) is 30.4 Å². The highest BCUT2D eigenvalue weighted by molar-refractivity contribution is 5.76. The lowest BCUT2D eigenvalue weighted by Gasteiger charge is -2.33. The lowest BCUT2D eigenvalue weighted by atomic mass is 10.0. The Labute approximate surface area is 152 Å². The van der Waals surface area contributed by atoms with Crippen LogP contribution in [0.15, 0.2) is 42.7 Å². The summed E-state index contributed by atoms with van der Waals surface area (Å²) in [6, 6.07) is 7.54. The molecule has 2 aromatic rings. The maximum Gasteiger partial charge on any atom is 0.220 e. The number of pyridine rings is 1. The maximum atomic E-state index is 13.6. The summed E-state index contributed by atoms with van der Waals surface area (Å²) in [5.41, 5.74) is 1.52. The summed E-state index contributed by atoms with van der Waals surface area (Å²) in [7, 11) is 0. The molecule has 2 heterocycles. The van der Waals surface area contributed by atoms with E-state index in [1.54, 1.807) is 6.20 Å². The van der Waals surface area contributed by atoms with Crippen LogP contribution in [0.2, 0.25) is 0 Å². The Morgan fingerprint density at radius 2 is 2.19 bits per heavy atom. The molecule has 0 radical (unpaired) electrons. The van der Waals surface area contributed by atoms with E-state index in [1.165, 1.54) is 12.1 Å². The van der Waals surface area contributed by atoms with Gasteiger partial charge in [-0.05, 0) is 49.1 Å². The van der Waals surface area contributed by atoms with Gasteiger partial charge in [-0.15, -0.1) is 0 Å². The number of nitrogens with zero attached hydrogens (tertiary/aromatic N) is 2. The van der Waals surface area contributed by atoms with Crippen LogP contribution >= 0.6 is 0 Å². The Morgan fingerprint density at radius 1 is 1.31 bits per heavy atom. The van der Waals surface area contributed by atoms with Crippen molar-refractivity contribution in [1.82, 2.24) is 15.2 Å². The number of carbonyl (C=O) groups is 1. The normalized spacial score (nSPS) is 17.8. The van der Waals surface area contributed by atoms with Crippen molar-refractivity contribution in [2.24, 2.45) is 0 Å². The minimum Gasteiger partial charge on any atom is -0.352 e. The van der Waals surface area contributed by atoms with E-state index in [9.17, 15) is 13.6 Å². The predicted molar refractivity (Wildman–Crippen MR) is 95.4 cm³/mol. The molecule has 1 amide bonds. The molecule has 1 N–H and O–H groups in total. The van der Waals surface area contributed by atoms with E-state index >= 15 is 0 Å². The summed E-state index contributed by atoms with van der Waals surface area (Å²) in [5.74, 6) is -1.30. The Bertz CT molecular complexity index is 739. The van der Waals surface area contributed by atoms with Crippen LogP contribution in [0.3, 0.4) is 0 Å². The fourth-order valence-corrected chi connectivity index (χ4v) is 3.34. The molecule has 1 fully saturated rings. The fraction of sp³-hybridized carbons (Fsp3) is 0.400. The lowest BCUT2D eigenvalue weighted by Crippen LogP contribution is -2.47. The third kappa shape index (κ3) is 5.33. The average Bonchev–Trinajstić information content (AvgIpc) is 2.62. The zero-order valence-electron chi connectivity index (χ0n) is 14.6. The van der Waals surface area contributed by atoms with Crippen LogP contribution in [0.5, 0.6) is 0 Å². The molecule has 1 unspecified atom stereocenters. The molecule has 3 rings (SSSR count). The Balaban J connectivity index is 1.46. The predicted octanol–water partition coefficient (Wildman–Crippen LogP) is 3.07. The Hall–Kier alpha value is -2.34. The molecule has 1 saturated heterocycles. The molecule has 1 aromatic heterocycles. The topological polar surface area (TPSA) is 45.2 Å². The number of benzene rings is 1. The van der Waals surface area contributed by atoms with Gasteiger partial charge in [0.05, 0.1) is 0 Å². The van der Waals surface area contributed by atoms with Gasteiger partial charge in [0.1, 0.15) is 11.6 Å². The molecule has 1 atom stereocenters. The average molecular weight is 359 g/mol. The van der Waals surface area contributed by atoms with Crippen LogP contribution in [0.4, 0.5) is 8.78 Å². The van der Waals surface area contributed by atoms with E-state index in [0.29, 0.717) is 5.56 Å². The second-order valence-corrected chi connectivity index (χ2v) is 6.74. The Kier molecular flexibility index (Phi) is 6.28. The number of piperidine rings is 1. The summed E-state index contributed by atoms with van der Waals surface area (Å²) < 4.78 is 26.6. The lowest BCUT2D eigenvalue weighted by molar-refractivity contribution is -0.122. The summed E-state index contributed by atoms with van der Waals surface area (Å²) in [5, 5.41) is 3.04. The summed E-state index contributed by atoms with van der Waals surface area (Å²) in [6.07, 6.45) is 6.05. The highest BCUT2D eigenvalue weighted by Gasteiger charge is 2.21. The van der Waals surface area contributed by atoms with Gasteiger partial charge in [0.2, 0.25) is 5.91 Å². The molecule has 4 nitrogen and oxygen atoms in total. The monoisotopic (exact) mass is 359 g/mol. The van der Waals surface area contributed by atoms with Crippen molar-refractivity contribution in [3.8, 4) is 0 Å². The number of amides is 1. The number of aryl methyl sites for hydroxylation is 1. The first-order chi connectivity index (χ1) is 12.6. The SMILES string of the molecule is O=C(CCc1ccc(F)cc1F)NC1CCCN(Cc2cccnc2)C1. The fourth-order valence-electron chi connectivity index (χ4n) is 3.34. The first-order valence-electron chi connectivity index (χ1n) is 8.95. The Morgan fingerprint density at radius 3 is 2.96 bits per heavy atom. The second kappa shape index (κ2) is 8.85. The highest BCUT2D eigenvalue weighted by atomic mass is 19.1. The number of rotatable bonds is 6. The van der Waals surface area contributed by atoms with Crippen molar-refractivity contribution < 1.29 is 13.6 Å². The van der Waals surface area contributed by atoms with E-state index in [2.05, 4.69) is 15.2 Å². The van der Waals surface area contributed by atoms with E-state index in [-0.39, 0.29) is 24.8 Å². The van der Waals surface area contributed by atoms with Gasteiger partial charge in [0, 0.05) is 44.0 Å². The van der Waals surface area contributed by atoms with E-state index in [4.69, 9.17) is 0 Å². The number of halogens is 2. The van der Waals surface area contributed by atoms with E-state index in [1.807, 2.05) is 18.3 Å². The second-order valence-electron chi connectivity index (χ2n) is 6.74. The van der Waals surface area contributed by atoms with Crippen molar-refractivity contribution in [2.45, 2.75) is 38.3 Å². The van der Waals surface area contributed by atoms with Gasteiger partial charge in [-0.3, -0.25) is 14.7 Å². The van der Waals surface area contributed by atoms with Crippen LogP contribution in [0.25, 0.3) is 0 Å². The molecule has 0 aliphatic carbocycles. The number of aromatic nitrogens is 1. The molecule has 6 heteroatoms. The molecule has 26 heavy (non-hydrogen) atoms. The molecule has 138 valence electrons. The maximum absolute atomic E-state index is 13.6. The summed E-state index contributed by atoms with van der Waals surface area (Å²) in [4.78, 5) is 18.6. The van der Waals surface area contributed by atoms with Crippen LogP contribution < -0.4 is 5.32 Å². The number of carbonyl (C=O) groups excluding carboxylic acids is 1. The van der Waals surface area contributed by atoms with Crippen LogP contribution in [0, 0.1) is 11.6 Å². The van der Waals surface area contributed by atoms with E-state index < -0.39 is 11.6 Å². The van der Waals surface area contributed by atoms with Crippen molar-refractivity contribution in [1.29, 1.82) is 0 Å². The van der Waals surface area contributed by atoms with Gasteiger partial charge in [0.15, 0.2) is 0 Å². The summed E-state index contributed by atoms with van der Waals surface area (Å²) >= 11 is 0. The number of hydrogen-bond acceptors (Lipinski definition) is 3. The smallest absolute Gasteiger partial charge is 0.220 e. The molecular weight excluding hydrogens is 336 g/mol. The first-order valence-corrected chi connectivity index (χ1v) is 8.95. The van der Waals surface area contributed by atoms with Gasteiger partial charge in [-0.1, -0.05) is 12.1 Å². The minimum absolute atomic E-state index is 0.0954. The van der Waals surface area contributed by atoms with Crippen LogP contribution in [-0.2, 0) is 17.8 Å². The van der Waals surface area contributed by atoms with Gasteiger partial charge < -0.3 is 5.32 Å². The van der Waals surface area contributed by atoms with E-state index in [0.717, 1.165) is 44.1 Å². The zero-order chi connectivity index (χ0) is 18.4.